The van der Waals surface area contributed by atoms with Gasteiger partial charge in [-0.1, -0.05) is 0 Å². The Balaban J connectivity index is 3.42. The summed E-state index contributed by atoms with van der Waals surface area (Å²) in [6, 6.07) is -2.09. The third-order valence-electron chi connectivity index (χ3n) is 8.99. The van der Waals surface area contributed by atoms with E-state index < -0.39 is 172 Å². The van der Waals surface area contributed by atoms with E-state index in [0.717, 1.165) is 0 Å². The van der Waals surface area contributed by atoms with Crippen molar-refractivity contribution in [2.24, 2.45) is 5.73 Å². The van der Waals surface area contributed by atoms with Crippen LogP contribution in [-0.2, 0) is 57.3 Å². The molecular formula is C28H40N2O25. The van der Waals surface area contributed by atoms with Crippen LogP contribution in [0, 0.1) is 0 Å². The lowest BCUT2D eigenvalue weighted by Gasteiger charge is -2.66. The van der Waals surface area contributed by atoms with Crippen molar-refractivity contribution in [3.8, 4) is 0 Å². The van der Waals surface area contributed by atoms with Crippen LogP contribution in [0.4, 0.5) is 0 Å². The van der Waals surface area contributed by atoms with Gasteiger partial charge < -0.3 is 91.1 Å². The first-order valence-corrected chi connectivity index (χ1v) is 15.5. The molecule has 312 valence electrons. The van der Waals surface area contributed by atoms with Crippen LogP contribution in [0.3, 0.4) is 0 Å². The van der Waals surface area contributed by atoms with Crippen molar-refractivity contribution in [1.29, 1.82) is 0 Å². The van der Waals surface area contributed by atoms with Gasteiger partial charge in [-0.2, -0.15) is 0 Å². The van der Waals surface area contributed by atoms with E-state index in [1.165, 1.54) is 0 Å². The minimum absolute atomic E-state index is 0.0213. The fraction of sp³-hybridized carbons (Fsp3) is 0.714. The number of ether oxygens (including phenoxy) is 4. The summed E-state index contributed by atoms with van der Waals surface area (Å²) in [7, 11) is 0. The van der Waals surface area contributed by atoms with E-state index in [4.69, 9.17) is 24.7 Å². The summed E-state index contributed by atoms with van der Waals surface area (Å²) in [5.41, 5.74) is -5.50. The van der Waals surface area contributed by atoms with Gasteiger partial charge in [0.2, 0.25) is 5.79 Å². The largest absolute Gasteiger partial charge is 0.481 e. The van der Waals surface area contributed by atoms with Crippen LogP contribution < -0.4 is 5.73 Å². The van der Waals surface area contributed by atoms with Crippen LogP contribution in [-0.4, -0.2) is 211 Å². The predicted molar refractivity (Wildman–Crippen MR) is 163 cm³/mol. The van der Waals surface area contributed by atoms with Gasteiger partial charge in [-0.05, 0) is 0 Å². The first-order chi connectivity index (χ1) is 25.2. The molecule has 27 heteroatoms. The van der Waals surface area contributed by atoms with E-state index in [9.17, 15) is 105 Å². The van der Waals surface area contributed by atoms with Crippen molar-refractivity contribution >= 4 is 47.8 Å². The van der Waals surface area contributed by atoms with Gasteiger partial charge in [-0.15, -0.1) is 0 Å². The Labute approximate surface area is 306 Å². The third-order valence-corrected chi connectivity index (χ3v) is 8.99. The second-order valence-corrected chi connectivity index (χ2v) is 12.7. The number of aliphatic hydroxyl groups excluding tert-OH is 4. The lowest BCUT2D eigenvalue weighted by atomic mass is 9.61. The molecule has 0 aromatic carbocycles. The first kappa shape index (κ1) is 46.5. The second-order valence-electron chi connectivity index (χ2n) is 12.7. The van der Waals surface area contributed by atoms with E-state index in [-0.39, 0.29) is 4.90 Å². The van der Waals surface area contributed by atoms with Gasteiger partial charge >= 0.3 is 47.8 Å². The molecule has 2 heterocycles. The van der Waals surface area contributed by atoms with Crippen LogP contribution in [0.1, 0.15) is 32.1 Å². The zero-order valence-corrected chi connectivity index (χ0v) is 28.1. The molecule has 2 fully saturated rings. The summed E-state index contributed by atoms with van der Waals surface area (Å²) >= 11 is 0. The van der Waals surface area contributed by atoms with E-state index in [1.54, 1.807) is 0 Å². The number of carboxylic acids is 8. The fourth-order valence-electron chi connectivity index (χ4n) is 6.92. The average molecular weight is 805 g/mol. The van der Waals surface area contributed by atoms with Crippen LogP contribution in [0.5, 0.6) is 0 Å². The first-order valence-electron chi connectivity index (χ1n) is 15.5. The molecule has 27 nitrogen and oxygen atoms in total. The Hall–Kier alpha value is -4.68. The Morgan fingerprint density at radius 2 is 1.18 bits per heavy atom. The molecule has 2 saturated heterocycles. The summed E-state index contributed by atoms with van der Waals surface area (Å²) in [5.74, 6) is -21.2. The molecule has 2 aliphatic heterocycles. The van der Waals surface area contributed by atoms with Gasteiger partial charge in [-0.3, -0.25) is 38.5 Å². The highest BCUT2D eigenvalue weighted by Crippen LogP contribution is 2.57. The Morgan fingerprint density at radius 1 is 0.691 bits per heavy atom. The Bertz CT molecular complexity index is 1470. The number of hydrogen-bond acceptors (Lipinski definition) is 19. The maximum atomic E-state index is 12.7. The standard InChI is InChI=1S/C28H40N2O25/c29-19-21(49)20(48)10(8-31)53-24(19)54-23-22(50)26(3-13(36)37,30(6-16(42)43)7-17(44)45)28(5-15(40)41,52-9-18(46)47)55-27(23,4-14(38)39)25(51,1-11(32)33)2-12(34)35/h10,19-24,31,48-51H,1-9,29H2,(H,32,33)(H,34,35)(H,36,37)(H,38,39)(H,40,41)(H,42,43)(H,44,45)(H,46,47)/t10-,19-,20-,21-,22+,23+,24+,26-,27+,28-/m1/s1. The molecule has 2 rings (SSSR count). The SMILES string of the molecule is N[C@H]1[C@H](O[C@H]2[C@H](O)[C@@](CC(=O)O)(N(CC(=O)O)CC(=O)O)[C@](CC(=O)O)(OCC(=O)O)O[C@]2(CC(=O)O)C(O)(CC(=O)O)CC(=O)O)O[C@H](CO)[C@@H](O)[C@@H]1O. The van der Waals surface area contributed by atoms with Crippen molar-refractivity contribution in [2.45, 2.75) is 97.5 Å². The lowest BCUT2D eigenvalue weighted by molar-refractivity contribution is -0.444. The van der Waals surface area contributed by atoms with Gasteiger partial charge in [0.05, 0.1) is 51.4 Å². The molecule has 0 aliphatic carbocycles. The maximum Gasteiger partial charge on any atom is 0.329 e. The smallest absolute Gasteiger partial charge is 0.329 e. The normalized spacial score (nSPS) is 32.4. The number of rotatable bonds is 22. The Morgan fingerprint density at radius 3 is 1.58 bits per heavy atom. The van der Waals surface area contributed by atoms with E-state index in [2.05, 4.69) is 0 Å². The fourth-order valence-corrected chi connectivity index (χ4v) is 6.92. The number of nitrogens with zero attached hydrogens (tertiary/aromatic N) is 1. The van der Waals surface area contributed by atoms with E-state index in [1.807, 2.05) is 0 Å². The van der Waals surface area contributed by atoms with Crippen LogP contribution in [0.25, 0.3) is 0 Å². The van der Waals surface area contributed by atoms with E-state index in [0.29, 0.717) is 0 Å². The monoisotopic (exact) mass is 804 g/mol. The minimum Gasteiger partial charge on any atom is -0.481 e. The molecule has 2 aliphatic rings. The Kier molecular flexibility index (Phi) is 15.1. The second kappa shape index (κ2) is 17.8. The predicted octanol–water partition coefficient (Wildman–Crippen LogP) is -6.62. The highest BCUT2D eigenvalue weighted by molar-refractivity contribution is 5.77. The number of aliphatic carboxylic acids is 8. The van der Waals surface area contributed by atoms with Gasteiger partial charge in [0.1, 0.15) is 60.3 Å². The van der Waals surface area contributed by atoms with Gasteiger partial charge in [-0.25, -0.2) is 4.79 Å². The van der Waals surface area contributed by atoms with Crippen molar-refractivity contribution in [2.75, 3.05) is 26.3 Å². The van der Waals surface area contributed by atoms with Crippen LogP contribution >= 0.6 is 0 Å². The van der Waals surface area contributed by atoms with Gasteiger partial charge in [0.15, 0.2) is 6.29 Å². The molecular weight excluding hydrogens is 764 g/mol. The third kappa shape index (κ3) is 9.77. The molecule has 10 atom stereocenters. The highest BCUT2D eigenvalue weighted by atomic mass is 16.8. The van der Waals surface area contributed by atoms with Crippen LogP contribution in [0.15, 0.2) is 0 Å². The molecule has 0 aromatic heterocycles. The molecule has 0 saturated carbocycles. The molecule has 0 spiro atoms. The number of aliphatic hydroxyl groups is 5. The van der Waals surface area contributed by atoms with Crippen molar-refractivity contribution in [3.63, 3.8) is 0 Å². The highest BCUT2D eigenvalue weighted by Gasteiger charge is 2.78. The van der Waals surface area contributed by atoms with Gasteiger partial charge in [0.25, 0.3) is 0 Å². The quantitative estimate of drug-likeness (QED) is 0.0483. The maximum absolute atomic E-state index is 12.7. The number of nitrogens with two attached hydrogens (primary N) is 1. The van der Waals surface area contributed by atoms with Crippen LogP contribution in [0.2, 0.25) is 0 Å². The molecule has 0 radical (unpaired) electrons. The van der Waals surface area contributed by atoms with Crippen molar-refractivity contribution in [1.82, 2.24) is 4.90 Å². The molecule has 55 heavy (non-hydrogen) atoms. The molecule has 0 amide bonds. The van der Waals surface area contributed by atoms with Gasteiger partial charge in [0, 0.05) is 0 Å². The molecule has 15 N–H and O–H groups in total. The molecule has 0 unspecified atom stereocenters. The molecule has 0 bridgehead atoms. The van der Waals surface area contributed by atoms with Crippen molar-refractivity contribution in [3.05, 3.63) is 0 Å². The average Bonchev–Trinajstić information content (AvgIpc) is 3.01. The topological polar surface area (TPSA) is 466 Å². The summed E-state index contributed by atoms with van der Waals surface area (Å²) in [4.78, 5) is 98.6. The minimum atomic E-state index is -3.96. The summed E-state index contributed by atoms with van der Waals surface area (Å²) < 4.78 is 22.2. The number of carboxylic acid groups (broad SMARTS) is 8. The summed E-state index contributed by atoms with van der Waals surface area (Å²) in [6.07, 6.45) is -24.9. The zero-order chi connectivity index (χ0) is 42.4. The molecule has 0 aromatic rings. The summed E-state index contributed by atoms with van der Waals surface area (Å²) in [6.45, 7) is -6.47. The lowest BCUT2D eigenvalue weighted by Crippen LogP contribution is -2.87. The summed E-state index contributed by atoms with van der Waals surface area (Å²) in [5, 5.41) is 135. The number of hydrogen-bond donors (Lipinski definition) is 14. The zero-order valence-electron chi connectivity index (χ0n) is 28.1. The van der Waals surface area contributed by atoms with E-state index >= 15 is 0 Å². The number of carbonyl (C=O) groups is 8. The van der Waals surface area contributed by atoms with Crippen molar-refractivity contribution < 1.29 is 124 Å².